The molecule has 0 heterocycles. The topological polar surface area (TPSA) is 3.24 Å². The van der Waals surface area contributed by atoms with E-state index in [2.05, 4.69) is 0 Å². The Balaban J connectivity index is 1.94. The summed E-state index contributed by atoms with van der Waals surface area (Å²) in [4.78, 5) is 0. The first kappa shape index (κ1) is 13.7. The number of nitrogens with zero attached hydrogens (tertiary/aromatic N) is 1. The van der Waals surface area contributed by atoms with Crippen molar-refractivity contribution in [3.05, 3.63) is 69.7 Å². The lowest BCUT2D eigenvalue weighted by Crippen LogP contribution is -2.11. The first-order chi connectivity index (χ1) is 8.63. The van der Waals surface area contributed by atoms with Crippen LogP contribution in [0.15, 0.2) is 48.5 Å². The highest BCUT2D eigenvalue weighted by Gasteiger charge is 2.04. The van der Waals surface area contributed by atoms with Gasteiger partial charge in [0.2, 0.25) is 0 Å². The average Bonchev–Trinajstić information content (AvgIpc) is 2.35. The zero-order valence-electron chi connectivity index (χ0n) is 9.61. The van der Waals surface area contributed by atoms with Crippen molar-refractivity contribution in [2.45, 2.75) is 13.1 Å². The van der Waals surface area contributed by atoms with E-state index in [1.807, 2.05) is 48.5 Å². The number of benzene rings is 2. The third kappa shape index (κ3) is 4.18. The predicted octanol–water partition coefficient (Wildman–Crippen LogP) is 5.15. The SMILES string of the molecule is Clc1ccc(CN(Cl)Cc2ccc(Cl)cc2)cc1. The summed E-state index contributed by atoms with van der Waals surface area (Å²) in [6, 6.07) is 15.3. The fraction of sp³-hybridized carbons (Fsp3) is 0.143. The summed E-state index contributed by atoms with van der Waals surface area (Å²) in [5.74, 6) is 0. The lowest BCUT2D eigenvalue weighted by Gasteiger charge is -2.13. The van der Waals surface area contributed by atoms with Crippen molar-refractivity contribution in [1.82, 2.24) is 4.42 Å². The Morgan fingerprint density at radius 2 is 1.00 bits per heavy atom. The highest BCUT2D eigenvalue weighted by atomic mass is 35.5. The van der Waals surface area contributed by atoms with Gasteiger partial charge in [0.05, 0.1) is 0 Å². The van der Waals surface area contributed by atoms with Gasteiger partial charge in [0.25, 0.3) is 0 Å². The molecule has 1 nitrogen and oxygen atoms in total. The Morgan fingerprint density at radius 3 is 1.33 bits per heavy atom. The predicted molar refractivity (Wildman–Crippen MR) is 78.0 cm³/mol. The van der Waals surface area contributed by atoms with Gasteiger partial charge in [-0.15, -0.1) is 0 Å². The van der Waals surface area contributed by atoms with E-state index in [1.165, 1.54) is 0 Å². The van der Waals surface area contributed by atoms with E-state index in [1.54, 1.807) is 4.42 Å². The summed E-state index contributed by atoms with van der Waals surface area (Å²) < 4.78 is 1.73. The monoisotopic (exact) mass is 299 g/mol. The second-order valence-electron chi connectivity index (χ2n) is 4.03. The van der Waals surface area contributed by atoms with Gasteiger partial charge in [-0.2, -0.15) is 0 Å². The van der Waals surface area contributed by atoms with Crippen molar-refractivity contribution >= 4 is 35.0 Å². The van der Waals surface area contributed by atoms with E-state index in [9.17, 15) is 0 Å². The molecule has 2 aromatic rings. The van der Waals surface area contributed by atoms with Crippen molar-refractivity contribution < 1.29 is 0 Å². The van der Waals surface area contributed by atoms with E-state index in [0.717, 1.165) is 21.2 Å². The quantitative estimate of drug-likeness (QED) is 0.706. The molecule has 0 aliphatic rings. The van der Waals surface area contributed by atoms with E-state index in [0.29, 0.717) is 13.1 Å². The molecule has 0 N–H and O–H groups in total. The molecule has 0 aromatic heterocycles. The Morgan fingerprint density at radius 1 is 0.667 bits per heavy atom. The maximum Gasteiger partial charge on any atom is 0.0406 e. The van der Waals surface area contributed by atoms with Gasteiger partial charge in [0.1, 0.15) is 0 Å². The Labute approximate surface area is 122 Å². The lowest BCUT2D eigenvalue weighted by molar-refractivity contribution is 0.445. The smallest absolute Gasteiger partial charge is 0.0406 e. The Bertz CT molecular complexity index is 446. The van der Waals surface area contributed by atoms with Crippen molar-refractivity contribution in [3.8, 4) is 0 Å². The summed E-state index contributed by atoms with van der Waals surface area (Å²) in [5, 5.41) is 1.47. The summed E-state index contributed by atoms with van der Waals surface area (Å²) in [6.07, 6.45) is 0. The van der Waals surface area contributed by atoms with E-state index < -0.39 is 0 Å². The maximum atomic E-state index is 6.20. The van der Waals surface area contributed by atoms with Gasteiger partial charge in [-0.3, -0.25) is 0 Å². The summed E-state index contributed by atoms with van der Waals surface area (Å²) >= 11 is 17.9. The summed E-state index contributed by atoms with van der Waals surface area (Å²) in [6.45, 7) is 1.34. The fourth-order valence-corrected chi connectivity index (χ4v) is 2.16. The van der Waals surface area contributed by atoms with Crippen LogP contribution < -0.4 is 0 Å². The van der Waals surface area contributed by atoms with Crippen LogP contribution in [-0.4, -0.2) is 4.42 Å². The lowest BCUT2D eigenvalue weighted by atomic mass is 10.2. The number of hydrogen-bond acceptors (Lipinski definition) is 1. The fourth-order valence-electron chi connectivity index (χ4n) is 1.63. The van der Waals surface area contributed by atoms with Crippen LogP contribution >= 0.6 is 35.0 Å². The average molecular weight is 301 g/mol. The molecule has 0 saturated carbocycles. The molecule has 0 radical (unpaired) electrons. The summed E-state index contributed by atoms with van der Waals surface area (Å²) in [7, 11) is 0. The minimum absolute atomic E-state index is 0.668. The zero-order chi connectivity index (χ0) is 13.0. The normalized spacial score (nSPS) is 10.9. The molecule has 94 valence electrons. The van der Waals surface area contributed by atoms with Crippen LogP contribution in [0.5, 0.6) is 0 Å². The van der Waals surface area contributed by atoms with Crippen LogP contribution in [0.3, 0.4) is 0 Å². The van der Waals surface area contributed by atoms with Crippen LogP contribution in [0.2, 0.25) is 10.0 Å². The molecule has 0 atom stereocenters. The van der Waals surface area contributed by atoms with Crippen LogP contribution in [0.4, 0.5) is 0 Å². The van der Waals surface area contributed by atoms with Gasteiger partial charge in [-0.05, 0) is 47.2 Å². The minimum atomic E-state index is 0.668. The second-order valence-corrected chi connectivity index (χ2v) is 5.38. The van der Waals surface area contributed by atoms with E-state index in [4.69, 9.17) is 35.0 Å². The molecule has 2 rings (SSSR count). The van der Waals surface area contributed by atoms with Gasteiger partial charge >= 0.3 is 0 Å². The molecule has 18 heavy (non-hydrogen) atoms. The van der Waals surface area contributed by atoms with Crippen molar-refractivity contribution in [3.63, 3.8) is 0 Å². The second kappa shape index (κ2) is 6.44. The minimum Gasteiger partial charge on any atom is -0.211 e. The van der Waals surface area contributed by atoms with Crippen LogP contribution in [0.25, 0.3) is 0 Å². The molecule has 0 amide bonds. The van der Waals surface area contributed by atoms with Gasteiger partial charge < -0.3 is 0 Å². The Kier molecular flexibility index (Phi) is 4.90. The molecule has 0 saturated heterocycles. The number of rotatable bonds is 4. The molecule has 0 aliphatic heterocycles. The zero-order valence-corrected chi connectivity index (χ0v) is 11.9. The third-order valence-corrected chi connectivity index (χ3v) is 3.28. The van der Waals surface area contributed by atoms with Crippen molar-refractivity contribution in [2.24, 2.45) is 0 Å². The largest absolute Gasteiger partial charge is 0.211 e. The molecule has 0 aliphatic carbocycles. The number of hydrogen-bond donors (Lipinski definition) is 0. The molecule has 0 spiro atoms. The van der Waals surface area contributed by atoms with E-state index in [-0.39, 0.29) is 0 Å². The molecular weight excluding hydrogens is 289 g/mol. The standard InChI is InChI=1S/C14H12Cl3N/c15-13-5-1-11(2-6-13)9-18(17)10-12-3-7-14(16)8-4-12/h1-8H,9-10H2. The van der Waals surface area contributed by atoms with Gasteiger partial charge in [-0.25, -0.2) is 4.42 Å². The van der Waals surface area contributed by atoms with Gasteiger partial charge in [-0.1, -0.05) is 47.5 Å². The van der Waals surface area contributed by atoms with Gasteiger partial charge in [0, 0.05) is 23.1 Å². The first-order valence-electron chi connectivity index (χ1n) is 5.53. The molecule has 0 bridgehead atoms. The van der Waals surface area contributed by atoms with Crippen LogP contribution in [-0.2, 0) is 13.1 Å². The van der Waals surface area contributed by atoms with Crippen LogP contribution in [0.1, 0.15) is 11.1 Å². The summed E-state index contributed by atoms with van der Waals surface area (Å²) in [5.41, 5.74) is 2.26. The maximum absolute atomic E-state index is 6.20. The third-order valence-electron chi connectivity index (χ3n) is 2.53. The molecule has 0 fully saturated rings. The molecular formula is C14H12Cl3N. The van der Waals surface area contributed by atoms with Crippen molar-refractivity contribution in [1.29, 1.82) is 0 Å². The van der Waals surface area contributed by atoms with Crippen molar-refractivity contribution in [2.75, 3.05) is 0 Å². The molecule has 0 unspecified atom stereocenters. The molecule has 2 aromatic carbocycles. The molecule has 4 heteroatoms. The highest BCUT2D eigenvalue weighted by Crippen LogP contribution is 2.16. The first-order valence-corrected chi connectivity index (χ1v) is 6.62. The Hall–Kier alpha value is -0.730. The van der Waals surface area contributed by atoms with Gasteiger partial charge in [0.15, 0.2) is 0 Å². The van der Waals surface area contributed by atoms with Crippen LogP contribution in [0, 0.1) is 0 Å². The highest BCUT2D eigenvalue weighted by molar-refractivity contribution is 6.30. The van der Waals surface area contributed by atoms with E-state index >= 15 is 0 Å². The number of halogens is 3.